The molecule has 3 heterocycles. The molecule has 0 fully saturated rings. The summed E-state index contributed by atoms with van der Waals surface area (Å²) in [6, 6.07) is 7.67. The molecule has 10 heteroatoms. The van der Waals surface area contributed by atoms with Crippen molar-refractivity contribution in [3.05, 3.63) is 40.5 Å². The Kier molecular flexibility index (Phi) is 5.33. The number of benzene rings is 1. The van der Waals surface area contributed by atoms with Crippen molar-refractivity contribution < 1.29 is 4.74 Å². The number of nitrogens with one attached hydrogen (secondary N) is 1. The molecule has 0 spiro atoms. The van der Waals surface area contributed by atoms with Crippen LogP contribution in [-0.2, 0) is 5.75 Å². The summed E-state index contributed by atoms with van der Waals surface area (Å²) in [5.74, 6) is 2.62. The first-order valence-electron chi connectivity index (χ1n) is 8.43. The lowest BCUT2D eigenvalue weighted by atomic mass is 10.2. The third-order valence-electron chi connectivity index (χ3n) is 4.16. The molecule has 3 aromatic heterocycles. The van der Waals surface area contributed by atoms with E-state index in [1.807, 2.05) is 24.3 Å². The maximum atomic E-state index is 6.15. The molecule has 4 aromatic rings. The van der Waals surface area contributed by atoms with Crippen molar-refractivity contribution in [1.82, 2.24) is 20.2 Å². The van der Waals surface area contributed by atoms with Gasteiger partial charge in [-0.25, -0.2) is 9.97 Å². The van der Waals surface area contributed by atoms with Crippen molar-refractivity contribution in [1.29, 1.82) is 0 Å². The first kappa shape index (κ1) is 18.9. The molecule has 0 aliphatic heterocycles. The van der Waals surface area contributed by atoms with Gasteiger partial charge in [-0.15, -0.1) is 21.5 Å². The van der Waals surface area contributed by atoms with E-state index in [-0.39, 0.29) is 0 Å². The first-order chi connectivity index (χ1) is 13.5. The van der Waals surface area contributed by atoms with Gasteiger partial charge >= 0.3 is 0 Å². The Balaban J connectivity index is 1.45. The number of thioether (sulfide) groups is 1. The Morgan fingerprint density at radius 1 is 1.18 bits per heavy atom. The van der Waals surface area contributed by atoms with Gasteiger partial charge in [0.2, 0.25) is 5.13 Å². The molecule has 0 atom stereocenters. The van der Waals surface area contributed by atoms with Gasteiger partial charge in [-0.2, -0.15) is 0 Å². The number of ether oxygens (including phenoxy) is 1. The predicted molar refractivity (Wildman–Crippen MR) is 117 cm³/mol. The van der Waals surface area contributed by atoms with Crippen LogP contribution in [0.2, 0.25) is 0 Å². The molecule has 0 amide bonds. The highest BCUT2D eigenvalue weighted by molar-refractivity contribution is 8.00. The molecular formula is C18H18N6OS3. The van der Waals surface area contributed by atoms with Gasteiger partial charge in [0.05, 0.1) is 18.2 Å². The Morgan fingerprint density at radius 3 is 2.86 bits per heavy atom. The number of nitrogens with zero attached hydrogens (tertiary/aromatic N) is 4. The van der Waals surface area contributed by atoms with E-state index in [4.69, 9.17) is 10.5 Å². The van der Waals surface area contributed by atoms with Crippen LogP contribution in [0.15, 0.2) is 28.6 Å². The van der Waals surface area contributed by atoms with Crippen LogP contribution in [0.1, 0.15) is 16.3 Å². The summed E-state index contributed by atoms with van der Waals surface area (Å²) in [5, 5.41) is 13.4. The van der Waals surface area contributed by atoms with Crippen LogP contribution >= 0.6 is 34.4 Å². The molecular weight excluding hydrogens is 412 g/mol. The van der Waals surface area contributed by atoms with Gasteiger partial charge in [-0.1, -0.05) is 29.2 Å². The average Bonchev–Trinajstić information content (AvgIpc) is 3.24. The SMILES string of the molecule is COc1cccc(Nc2nnc(SCc3nc(N)c4c(C)c(C)sc4n3)s2)c1. The van der Waals surface area contributed by atoms with Crippen LogP contribution in [0.25, 0.3) is 10.2 Å². The molecule has 0 saturated heterocycles. The summed E-state index contributed by atoms with van der Waals surface area (Å²) in [6.07, 6.45) is 0. The smallest absolute Gasteiger partial charge is 0.210 e. The number of methoxy groups -OCH3 is 1. The standard InChI is InChI=1S/C18H18N6OS3/c1-9-10(2)27-16-14(9)15(19)21-13(22-16)8-26-18-24-23-17(28-18)20-11-5-4-6-12(7-11)25-3/h4-7H,8H2,1-3H3,(H,20,23)(H2,19,21,22). The van der Waals surface area contributed by atoms with Crippen molar-refractivity contribution in [3.8, 4) is 5.75 Å². The lowest BCUT2D eigenvalue weighted by Gasteiger charge is -2.04. The molecule has 28 heavy (non-hydrogen) atoms. The minimum atomic E-state index is 0.542. The Labute approximate surface area is 174 Å². The molecule has 3 N–H and O–H groups in total. The van der Waals surface area contributed by atoms with Gasteiger partial charge in [0.25, 0.3) is 0 Å². The number of thiophene rings is 1. The highest BCUT2D eigenvalue weighted by Gasteiger charge is 2.14. The normalized spacial score (nSPS) is 11.1. The number of anilines is 3. The number of rotatable bonds is 6. The molecule has 0 aliphatic carbocycles. The van der Waals surface area contributed by atoms with E-state index in [0.29, 0.717) is 17.4 Å². The fourth-order valence-corrected chi connectivity index (χ4v) is 5.34. The van der Waals surface area contributed by atoms with Gasteiger partial charge in [-0.05, 0) is 31.5 Å². The molecule has 4 rings (SSSR count). The lowest BCUT2D eigenvalue weighted by Crippen LogP contribution is -1.99. The van der Waals surface area contributed by atoms with E-state index in [1.165, 1.54) is 16.2 Å². The van der Waals surface area contributed by atoms with E-state index in [1.54, 1.807) is 30.2 Å². The molecule has 0 saturated carbocycles. The van der Waals surface area contributed by atoms with Gasteiger partial charge in [-0.3, -0.25) is 0 Å². The van der Waals surface area contributed by atoms with Gasteiger partial charge < -0.3 is 15.8 Å². The molecule has 144 valence electrons. The van der Waals surface area contributed by atoms with Crippen molar-refractivity contribution in [2.45, 2.75) is 23.9 Å². The minimum Gasteiger partial charge on any atom is -0.497 e. The molecule has 7 nitrogen and oxygen atoms in total. The first-order valence-corrected chi connectivity index (χ1v) is 11.0. The molecule has 0 bridgehead atoms. The zero-order chi connectivity index (χ0) is 19.7. The fourth-order valence-electron chi connectivity index (χ4n) is 2.66. The van der Waals surface area contributed by atoms with Crippen LogP contribution in [-0.4, -0.2) is 27.3 Å². The van der Waals surface area contributed by atoms with Crippen LogP contribution in [0.3, 0.4) is 0 Å². The van der Waals surface area contributed by atoms with E-state index in [0.717, 1.165) is 36.7 Å². The van der Waals surface area contributed by atoms with Crippen molar-refractivity contribution in [3.63, 3.8) is 0 Å². The van der Waals surface area contributed by atoms with E-state index in [9.17, 15) is 0 Å². The average molecular weight is 431 g/mol. The van der Waals surface area contributed by atoms with Gasteiger partial charge in [0.15, 0.2) is 4.34 Å². The Morgan fingerprint density at radius 2 is 2.04 bits per heavy atom. The van der Waals surface area contributed by atoms with Crippen molar-refractivity contribution in [2.24, 2.45) is 0 Å². The summed E-state index contributed by atoms with van der Waals surface area (Å²) in [6.45, 7) is 4.13. The highest BCUT2D eigenvalue weighted by atomic mass is 32.2. The number of aryl methyl sites for hydroxylation is 2. The number of fused-ring (bicyclic) bond motifs is 1. The fraction of sp³-hybridized carbons (Fsp3) is 0.222. The third-order valence-corrected chi connectivity index (χ3v) is 7.22. The maximum Gasteiger partial charge on any atom is 0.210 e. The number of nitrogens with two attached hydrogens (primary N) is 1. The minimum absolute atomic E-state index is 0.542. The van der Waals surface area contributed by atoms with Crippen molar-refractivity contribution >= 4 is 61.3 Å². The van der Waals surface area contributed by atoms with Gasteiger partial charge in [0.1, 0.15) is 22.2 Å². The molecule has 1 aromatic carbocycles. The zero-order valence-corrected chi connectivity index (χ0v) is 18.0. The van der Waals surface area contributed by atoms with E-state index >= 15 is 0 Å². The van der Waals surface area contributed by atoms with Gasteiger partial charge in [0, 0.05) is 16.6 Å². The number of hydrogen-bond acceptors (Lipinski definition) is 10. The molecule has 0 aliphatic rings. The second-order valence-corrected chi connectivity index (χ2v) is 9.41. The van der Waals surface area contributed by atoms with Crippen LogP contribution < -0.4 is 15.8 Å². The van der Waals surface area contributed by atoms with Crippen LogP contribution in [0.5, 0.6) is 5.75 Å². The topological polar surface area (TPSA) is 98.8 Å². The summed E-state index contributed by atoms with van der Waals surface area (Å²) in [5.41, 5.74) is 8.22. The van der Waals surface area contributed by atoms with E-state index in [2.05, 4.69) is 39.3 Å². The zero-order valence-electron chi connectivity index (χ0n) is 15.5. The summed E-state index contributed by atoms with van der Waals surface area (Å²) >= 11 is 4.68. The molecule has 0 unspecified atom stereocenters. The molecule has 0 radical (unpaired) electrons. The van der Waals surface area contributed by atoms with Crippen molar-refractivity contribution in [2.75, 3.05) is 18.2 Å². The van der Waals surface area contributed by atoms with Crippen LogP contribution in [0.4, 0.5) is 16.6 Å². The maximum absolute atomic E-state index is 6.15. The number of nitrogen functional groups attached to an aromatic ring is 1. The Hall–Kier alpha value is -2.43. The quantitative estimate of drug-likeness (QED) is 0.421. The third kappa shape index (κ3) is 3.89. The Bertz CT molecular complexity index is 1140. The largest absolute Gasteiger partial charge is 0.497 e. The number of hydrogen-bond donors (Lipinski definition) is 2. The predicted octanol–water partition coefficient (Wildman–Crippen LogP) is 4.79. The highest BCUT2D eigenvalue weighted by Crippen LogP contribution is 2.34. The summed E-state index contributed by atoms with van der Waals surface area (Å²) in [4.78, 5) is 11.3. The number of aromatic nitrogens is 4. The monoisotopic (exact) mass is 430 g/mol. The van der Waals surface area contributed by atoms with E-state index < -0.39 is 0 Å². The second kappa shape index (κ2) is 7.90. The summed E-state index contributed by atoms with van der Waals surface area (Å²) < 4.78 is 6.07. The summed E-state index contributed by atoms with van der Waals surface area (Å²) in [7, 11) is 1.64. The second-order valence-electron chi connectivity index (χ2n) is 6.01. The lowest BCUT2D eigenvalue weighted by molar-refractivity contribution is 0.415. The van der Waals surface area contributed by atoms with Crippen LogP contribution in [0, 0.1) is 13.8 Å².